The lowest BCUT2D eigenvalue weighted by Gasteiger charge is -2.08. The Morgan fingerprint density at radius 3 is 2.39 bits per heavy atom. The van der Waals surface area contributed by atoms with Crippen molar-refractivity contribution in [2.45, 2.75) is 20.8 Å². The Labute approximate surface area is 181 Å². The summed E-state index contributed by atoms with van der Waals surface area (Å²) in [6.45, 7) is 6.31. The van der Waals surface area contributed by atoms with Gasteiger partial charge in [-0.15, -0.1) is 0 Å². The fourth-order valence-electron chi connectivity index (χ4n) is 4.52. The molecule has 0 spiro atoms. The van der Waals surface area contributed by atoms with Gasteiger partial charge in [-0.2, -0.15) is 5.26 Å². The van der Waals surface area contributed by atoms with Gasteiger partial charge in [0.25, 0.3) is 0 Å². The second-order valence-corrected chi connectivity index (χ2v) is 8.26. The number of benzene rings is 3. The highest BCUT2D eigenvalue weighted by atomic mass is 16.3. The van der Waals surface area contributed by atoms with E-state index in [0.29, 0.717) is 5.56 Å². The first kappa shape index (κ1) is 19.1. The first-order chi connectivity index (χ1) is 15.0. The molecule has 3 heteroatoms. The third-order valence-electron chi connectivity index (χ3n) is 6.06. The van der Waals surface area contributed by atoms with Crippen molar-refractivity contribution in [3.05, 3.63) is 89.1 Å². The van der Waals surface area contributed by atoms with Crippen LogP contribution in [0.4, 0.5) is 0 Å². The summed E-state index contributed by atoms with van der Waals surface area (Å²) in [7, 11) is 2.05. The highest BCUT2D eigenvalue weighted by Crippen LogP contribution is 2.41. The molecule has 150 valence electrons. The average Bonchev–Trinajstić information content (AvgIpc) is 3.12. The Bertz CT molecular complexity index is 1530. The molecule has 0 bridgehead atoms. The molecule has 0 saturated heterocycles. The molecule has 3 aromatic carbocycles. The lowest BCUT2D eigenvalue weighted by molar-refractivity contribution is -0.660. The molecule has 31 heavy (non-hydrogen) atoms. The van der Waals surface area contributed by atoms with Crippen molar-refractivity contribution in [3.63, 3.8) is 0 Å². The lowest BCUT2D eigenvalue weighted by atomic mass is 9.94. The highest BCUT2D eigenvalue weighted by molar-refractivity contribution is 6.13. The van der Waals surface area contributed by atoms with Crippen LogP contribution >= 0.6 is 0 Å². The summed E-state index contributed by atoms with van der Waals surface area (Å²) >= 11 is 0. The van der Waals surface area contributed by atoms with Gasteiger partial charge < -0.3 is 4.42 Å². The summed E-state index contributed by atoms with van der Waals surface area (Å²) in [5.74, 6) is 0. The number of aromatic nitrogens is 1. The van der Waals surface area contributed by atoms with E-state index in [1.54, 1.807) is 0 Å². The van der Waals surface area contributed by atoms with Gasteiger partial charge in [-0.25, -0.2) is 4.57 Å². The van der Waals surface area contributed by atoms with Crippen LogP contribution < -0.4 is 4.57 Å². The molecule has 5 rings (SSSR count). The van der Waals surface area contributed by atoms with Gasteiger partial charge in [-0.1, -0.05) is 35.9 Å². The van der Waals surface area contributed by atoms with E-state index in [1.807, 2.05) is 37.5 Å². The second kappa shape index (κ2) is 7.11. The van der Waals surface area contributed by atoms with E-state index in [1.165, 1.54) is 11.1 Å². The fourth-order valence-corrected chi connectivity index (χ4v) is 4.52. The molecule has 0 aliphatic heterocycles. The minimum Gasteiger partial charge on any atom is -0.454 e. The van der Waals surface area contributed by atoms with Gasteiger partial charge in [-0.05, 0) is 55.7 Å². The van der Waals surface area contributed by atoms with Crippen molar-refractivity contribution >= 4 is 21.9 Å². The average molecular weight is 404 g/mol. The van der Waals surface area contributed by atoms with Crippen molar-refractivity contribution in [3.8, 4) is 28.5 Å². The molecule has 3 nitrogen and oxygen atoms in total. The molecule has 2 aromatic heterocycles. The van der Waals surface area contributed by atoms with Crippen LogP contribution in [0.1, 0.15) is 22.3 Å². The van der Waals surface area contributed by atoms with E-state index < -0.39 is 0 Å². The Balaban J connectivity index is 1.93. The van der Waals surface area contributed by atoms with Crippen LogP contribution in [-0.2, 0) is 7.05 Å². The topological polar surface area (TPSA) is 40.8 Å². The first-order valence-electron chi connectivity index (χ1n) is 10.4. The summed E-state index contributed by atoms with van der Waals surface area (Å²) in [4.78, 5) is 0. The molecule has 0 aliphatic rings. The maximum Gasteiger partial charge on any atom is 0.216 e. The molecule has 0 amide bonds. The van der Waals surface area contributed by atoms with Crippen molar-refractivity contribution < 1.29 is 8.98 Å². The minimum absolute atomic E-state index is 0.637. The molecule has 2 heterocycles. The second-order valence-electron chi connectivity index (χ2n) is 8.26. The molecule has 5 aromatic rings. The van der Waals surface area contributed by atoms with Crippen molar-refractivity contribution in [2.75, 3.05) is 0 Å². The summed E-state index contributed by atoms with van der Waals surface area (Å²) in [6.07, 6.45) is 2.05. The number of nitrogens with zero attached hydrogens (tertiary/aromatic N) is 2. The highest BCUT2D eigenvalue weighted by Gasteiger charge is 2.22. The van der Waals surface area contributed by atoms with E-state index in [0.717, 1.165) is 49.9 Å². The molecular formula is C28H23N2O+. The molecule has 0 N–H and O–H groups in total. The zero-order valence-electron chi connectivity index (χ0n) is 18.2. The normalized spacial score (nSPS) is 11.2. The quantitative estimate of drug-likeness (QED) is 0.314. The van der Waals surface area contributed by atoms with Gasteiger partial charge in [0.15, 0.2) is 6.20 Å². The smallest absolute Gasteiger partial charge is 0.216 e. The summed E-state index contributed by atoms with van der Waals surface area (Å²) in [5, 5.41) is 11.7. The van der Waals surface area contributed by atoms with Gasteiger partial charge in [0, 0.05) is 28.5 Å². The monoisotopic (exact) mass is 403 g/mol. The van der Waals surface area contributed by atoms with E-state index in [2.05, 4.69) is 67.8 Å². The summed E-state index contributed by atoms with van der Waals surface area (Å²) in [6, 6.07) is 23.0. The summed E-state index contributed by atoms with van der Waals surface area (Å²) in [5.41, 5.74) is 10.1. The first-order valence-corrected chi connectivity index (χ1v) is 10.4. The number of pyridine rings is 1. The molecule has 0 aliphatic carbocycles. The van der Waals surface area contributed by atoms with Crippen LogP contribution in [0.5, 0.6) is 0 Å². The SMILES string of the molecule is Cc1ccc(-c2cc(C#N)cc3c2oc2c(-c4cccc[n+]4C)c(C)ccc23)c(C)c1. The predicted molar refractivity (Wildman–Crippen MR) is 125 cm³/mol. The molecule has 0 saturated carbocycles. The number of hydrogen-bond donors (Lipinski definition) is 0. The molecule has 0 fully saturated rings. The standard InChI is InChI=1S/C28H23N2O/c1-17-8-10-21(19(3)13-17)23-14-20(16-29)15-24-22-11-9-18(2)26(28(22)31-27(23)24)25-7-5-6-12-30(25)4/h5-15H,1-4H3/q+1. The zero-order valence-corrected chi connectivity index (χ0v) is 18.2. The third kappa shape index (κ3) is 3.00. The van der Waals surface area contributed by atoms with Crippen LogP contribution in [0, 0.1) is 32.1 Å². The van der Waals surface area contributed by atoms with E-state index >= 15 is 0 Å². The maximum absolute atomic E-state index is 9.72. The number of rotatable bonds is 2. The van der Waals surface area contributed by atoms with Crippen molar-refractivity contribution in [1.29, 1.82) is 5.26 Å². The zero-order chi connectivity index (χ0) is 21.7. The van der Waals surface area contributed by atoms with Gasteiger partial charge >= 0.3 is 0 Å². The number of hydrogen-bond acceptors (Lipinski definition) is 2. The van der Waals surface area contributed by atoms with Gasteiger partial charge in [0.1, 0.15) is 18.2 Å². The Morgan fingerprint density at radius 1 is 0.806 bits per heavy atom. The third-order valence-corrected chi connectivity index (χ3v) is 6.06. The largest absolute Gasteiger partial charge is 0.454 e. The van der Waals surface area contributed by atoms with Gasteiger partial charge in [0.05, 0.1) is 17.2 Å². The fraction of sp³-hybridized carbons (Fsp3) is 0.143. The maximum atomic E-state index is 9.72. The van der Waals surface area contributed by atoms with E-state index in [9.17, 15) is 5.26 Å². The van der Waals surface area contributed by atoms with Crippen LogP contribution in [0.15, 0.2) is 71.3 Å². The Kier molecular flexibility index (Phi) is 4.38. The molecular weight excluding hydrogens is 380 g/mol. The molecule has 0 atom stereocenters. The van der Waals surface area contributed by atoms with Crippen LogP contribution in [0.3, 0.4) is 0 Å². The minimum atomic E-state index is 0.637. The summed E-state index contributed by atoms with van der Waals surface area (Å²) < 4.78 is 8.73. The number of nitriles is 1. The van der Waals surface area contributed by atoms with E-state index in [-0.39, 0.29) is 0 Å². The number of aryl methyl sites for hydroxylation is 4. The van der Waals surface area contributed by atoms with Crippen LogP contribution in [0.25, 0.3) is 44.3 Å². The van der Waals surface area contributed by atoms with Crippen LogP contribution in [0.2, 0.25) is 0 Å². The Morgan fingerprint density at radius 2 is 1.65 bits per heavy atom. The number of fused-ring (bicyclic) bond motifs is 3. The van der Waals surface area contributed by atoms with Crippen molar-refractivity contribution in [2.24, 2.45) is 7.05 Å². The van der Waals surface area contributed by atoms with Gasteiger partial charge in [0.2, 0.25) is 5.69 Å². The molecule has 0 unspecified atom stereocenters. The predicted octanol–water partition coefficient (Wildman–Crippen LogP) is 6.54. The van der Waals surface area contributed by atoms with E-state index in [4.69, 9.17) is 4.42 Å². The van der Waals surface area contributed by atoms with Crippen LogP contribution in [-0.4, -0.2) is 0 Å². The Hall–Kier alpha value is -3.90. The van der Waals surface area contributed by atoms with Gasteiger partial charge in [-0.3, -0.25) is 0 Å². The number of furan rings is 1. The molecule has 0 radical (unpaired) electrons. The lowest BCUT2D eigenvalue weighted by Crippen LogP contribution is -2.30. The van der Waals surface area contributed by atoms with Crippen molar-refractivity contribution in [1.82, 2.24) is 0 Å².